The van der Waals surface area contributed by atoms with Crippen LogP contribution in [0.3, 0.4) is 0 Å². The summed E-state index contributed by atoms with van der Waals surface area (Å²) >= 11 is 0. The minimum Gasteiger partial charge on any atom is -0.458 e. The zero-order chi connectivity index (χ0) is 9.14. The van der Waals surface area contributed by atoms with Gasteiger partial charge < -0.3 is 9.84 Å². The Hall–Kier alpha value is -0.830. The molecular formula is C9H14O3. The first-order chi connectivity index (χ1) is 5.65. The Morgan fingerprint density at radius 1 is 1.67 bits per heavy atom. The Kier molecular flexibility index (Phi) is 2.87. The Morgan fingerprint density at radius 3 is 2.92 bits per heavy atom. The van der Waals surface area contributed by atoms with Crippen LogP contribution >= 0.6 is 0 Å². The van der Waals surface area contributed by atoms with E-state index in [0.29, 0.717) is 0 Å². The summed E-state index contributed by atoms with van der Waals surface area (Å²) in [5, 5.41) is 9.41. The molecule has 12 heavy (non-hydrogen) atoms. The average Bonchev–Trinajstić information content (AvgIpc) is 2.00. The van der Waals surface area contributed by atoms with Crippen LogP contribution in [-0.2, 0) is 9.53 Å². The topological polar surface area (TPSA) is 46.5 Å². The number of aliphatic hydroxyl groups is 1. The predicted molar refractivity (Wildman–Crippen MR) is 44.5 cm³/mol. The second-order valence-corrected chi connectivity index (χ2v) is 3.11. The smallest absolute Gasteiger partial charge is 0.309 e. The SMILES string of the molecule is CC=CC1OC(=O)CC(O)C1C. The molecule has 1 aliphatic heterocycles. The summed E-state index contributed by atoms with van der Waals surface area (Å²) in [5.74, 6) is -0.317. The molecule has 3 atom stereocenters. The third kappa shape index (κ3) is 1.85. The third-order valence-corrected chi connectivity index (χ3v) is 2.15. The molecule has 1 saturated heterocycles. The second kappa shape index (κ2) is 3.72. The molecule has 3 nitrogen and oxygen atoms in total. The maximum Gasteiger partial charge on any atom is 0.309 e. The fraction of sp³-hybridized carbons (Fsp3) is 0.667. The highest BCUT2D eigenvalue weighted by molar-refractivity contribution is 5.71. The van der Waals surface area contributed by atoms with E-state index in [-0.39, 0.29) is 24.4 Å². The maximum atomic E-state index is 10.9. The lowest BCUT2D eigenvalue weighted by molar-refractivity contribution is -0.162. The quantitative estimate of drug-likeness (QED) is 0.469. The number of aliphatic hydroxyl groups excluding tert-OH is 1. The van der Waals surface area contributed by atoms with E-state index in [1.807, 2.05) is 19.9 Å². The van der Waals surface area contributed by atoms with Crippen molar-refractivity contribution in [3.63, 3.8) is 0 Å². The van der Waals surface area contributed by atoms with E-state index in [1.165, 1.54) is 0 Å². The van der Waals surface area contributed by atoms with Crippen molar-refractivity contribution < 1.29 is 14.6 Å². The molecule has 0 bridgehead atoms. The van der Waals surface area contributed by atoms with E-state index < -0.39 is 6.10 Å². The van der Waals surface area contributed by atoms with Crippen LogP contribution in [0.25, 0.3) is 0 Å². The summed E-state index contributed by atoms with van der Waals surface area (Å²) < 4.78 is 5.02. The van der Waals surface area contributed by atoms with Crippen LogP contribution in [0.5, 0.6) is 0 Å². The van der Waals surface area contributed by atoms with Crippen molar-refractivity contribution in [2.24, 2.45) is 5.92 Å². The van der Waals surface area contributed by atoms with Gasteiger partial charge in [0.15, 0.2) is 0 Å². The van der Waals surface area contributed by atoms with Gasteiger partial charge in [0.2, 0.25) is 0 Å². The van der Waals surface area contributed by atoms with E-state index in [4.69, 9.17) is 4.74 Å². The molecule has 1 rings (SSSR count). The zero-order valence-corrected chi connectivity index (χ0v) is 7.36. The van der Waals surface area contributed by atoms with E-state index in [2.05, 4.69) is 0 Å². The largest absolute Gasteiger partial charge is 0.458 e. The first kappa shape index (κ1) is 9.26. The van der Waals surface area contributed by atoms with Gasteiger partial charge in [-0.25, -0.2) is 0 Å². The molecule has 1 fully saturated rings. The standard InChI is InChI=1S/C9H14O3/c1-3-4-8-6(2)7(10)5-9(11)12-8/h3-4,6-8,10H,5H2,1-2H3. The normalized spacial score (nSPS) is 36.9. The van der Waals surface area contributed by atoms with Gasteiger partial charge >= 0.3 is 5.97 Å². The number of cyclic esters (lactones) is 1. The van der Waals surface area contributed by atoms with Crippen LogP contribution in [-0.4, -0.2) is 23.3 Å². The van der Waals surface area contributed by atoms with Gasteiger partial charge in [-0.1, -0.05) is 13.0 Å². The van der Waals surface area contributed by atoms with Gasteiger partial charge in [-0.3, -0.25) is 4.79 Å². The van der Waals surface area contributed by atoms with Crippen LogP contribution in [0.15, 0.2) is 12.2 Å². The fourth-order valence-corrected chi connectivity index (χ4v) is 1.29. The van der Waals surface area contributed by atoms with Crippen LogP contribution in [0.2, 0.25) is 0 Å². The third-order valence-electron chi connectivity index (χ3n) is 2.15. The molecule has 1 aliphatic rings. The lowest BCUT2D eigenvalue weighted by Crippen LogP contribution is -2.39. The number of hydrogen-bond acceptors (Lipinski definition) is 3. The molecule has 1 N–H and O–H groups in total. The van der Waals surface area contributed by atoms with Gasteiger partial charge in [0.25, 0.3) is 0 Å². The molecule has 0 spiro atoms. The average molecular weight is 170 g/mol. The number of esters is 1. The number of allylic oxidation sites excluding steroid dienone is 1. The van der Waals surface area contributed by atoms with E-state index in [0.717, 1.165) is 0 Å². The van der Waals surface area contributed by atoms with Crippen molar-refractivity contribution in [1.82, 2.24) is 0 Å². The molecule has 0 saturated carbocycles. The predicted octanol–water partition coefficient (Wildman–Crippen LogP) is 0.875. The Morgan fingerprint density at radius 2 is 2.33 bits per heavy atom. The summed E-state index contributed by atoms with van der Waals surface area (Å²) in [6.45, 7) is 3.74. The Bertz CT molecular complexity index is 198. The zero-order valence-electron chi connectivity index (χ0n) is 7.36. The highest BCUT2D eigenvalue weighted by Gasteiger charge is 2.32. The van der Waals surface area contributed by atoms with Crippen molar-refractivity contribution >= 4 is 5.97 Å². The number of ether oxygens (including phenoxy) is 1. The van der Waals surface area contributed by atoms with Gasteiger partial charge in [-0.15, -0.1) is 0 Å². The molecule has 0 radical (unpaired) electrons. The number of carbonyl (C=O) groups excluding carboxylic acids is 1. The lowest BCUT2D eigenvalue weighted by atomic mass is 9.93. The van der Waals surface area contributed by atoms with Crippen molar-refractivity contribution in [1.29, 1.82) is 0 Å². The minimum absolute atomic E-state index is 0.00102. The molecule has 3 heteroatoms. The molecule has 1 heterocycles. The molecule has 0 aliphatic carbocycles. The van der Waals surface area contributed by atoms with Gasteiger partial charge in [0.1, 0.15) is 6.10 Å². The monoisotopic (exact) mass is 170 g/mol. The van der Waals surface area contributed by atoms with E-state index in [1.54, 1.807) is 6.08 Å². The molecule has 0 amide bonds. The first-order valence-corrected chi connectivity index (χ1v) is 4.15. The number of rotatable bonds is 1. The van der Waals surface area contributed by atoms with Gasteiger partial charge in [-0.05, 0) is 13.0 Å². The Balaban J connectivity index is 2.65. The molecular weight excluding hydrogens is 156 g/mol. The molecule has 0 aromatic heterocycles. The second-order valence-electron chi connectivity index (χ2n) is 3.11. The van der Waals surface area contributed by atoms with Crippen molar-refractivity contribution in [2.75, 3.05) is 0 Å². The van der Waals surface area contributed by atoms with Crippen LogP contribution in [0.1, 0.15) is 20.3 Å². The summed E-state index contributed by atoms with van der Waals surface area (Å²) in [6, 6.07) is 0. The van der Waals surface area contributed by atoms with Crippen molar-refractivity contribution in [3.8, 4) is 0 Å². The van der Waals surface area contributed by atoms with Gasteiger partial charge in [-0.2, -0.15) is 0 Å². The van der Waals surface area contributed by atoms with Gasteiger partial charge in [0, 0.05) is 5.92 Å². The highest BCUT2D eigenvalue weighted by atomic mass is 16.5. The van der Waals surface area contributed by atoms with Gasteiger partial charge in [0.05, 0.1) is 12.5 Å². The summed E-state index contributed by atoms with van der Waals surface area (Å²) in [5.41, 5.74) is 0. The molecule has 68 valence electrons. The van der Waals surface area contributed by atoms with Crippen LogP contribution in [0.4, 0.5) is 0 Å². The minimum atomic E-state index is -0.563. The maximum absolute atomic E-state index is 10.9. The summed E-state index contributed by atoms with van der Waals surface area (Å²) in [4.78, 5) is 10.9. The van der Waals surface area contributed by atoms with Crippen LogP contribution < -0.4 is 0 Å². The number of carbonyl (C=O) groups is 1. The van der Waals surface area contributed by atoms with Crippen molar-refractivity contribution in [2.45, 2.75) is 32.5 Å². The van der Waals surface area contributed by atoms with Crippen molar-refractivity contribution in [3.05, 3.63) is 12.2 Å². The molecule has 0 aromatic carbocycles. The molecule has 0 aromatic rings. The van der Waals surface area contributed by atoms with E-state index in [9.17, 15) is 9.90 Å². The summed E-state index contributed by atoms with van der Waals surface area (Å²) in [7, 11) is 0. The molecule has 3 unspecified atom stereocenters. The van der Waals surface area contributed by atoms with Crippen LogP contribution in [0, 0.1) is 5.92 Å². The van der Waals surface area contributed by atoms with E-state index >= 15 is 0 Å². The summed E-state index contributed by atoms with van der Waals surface area (Å²) in [6.07, 6.45) is 2.92. The first-order valence-electron chi connectivity index (χ1n) is 4.15. The lowest BCUT2D eigenvalue weighted by Gasteiger charge is -2.30. The fourth-order valence-electron chi connectivity index (χ4n) is 1.29. The highest BCUT2D eigenvalue weighted by Crippen LogP contribution is 2.22. The number of hydrogen-bond donors (Lipinski definition) is 1. The Labute approximate surface area is 72.0 Å².